The van der Waals surface area contributed by atoms with Gasteiger partial charge in [0.05, 0.1) is 17.6 Å². The molecule has 1 saturated heterocycles. The normalized spacial score (nSPS) is 17.0. The van der Waals surface area contributed by atoms with Gasteiger partial charge in [-0.05, 0) is 18.2 Å². The van der Waals surface area contributed by atoms with Crippen LogP contribution in [0.3, 0.4) is 0 Å². The van der Waals surface area contributed by atoms with Crippen LogP contribution in [0, 0.1) is 0 Å². The number of para-hydroxylation sites is 1. The van der Waals surface area contributed by atoms with E-state index in [1.165, 1.54) is 18.4 Å². The maximum absolute atomic E-state index is 12.4. The smallest absolute Gasteiger partial charge is 0.335 e. The highest BCUT2D eigenvalue weighted by Crippen LogP contribution is 2.21. The van der Waals surface area contributed by atoms with Crippen molar-refractivity contribution in [3.05, 3.63) is 70.8 Å². The molecule has 2 aromatic heterocycles. The second kappa shape index (κ2) is 6.39. The zero-order valence-electron chi connectivity index (χ0n) is 13.4. The van der Waals surface area contributed by atoms with Crippen molar-refractivity contribution in [2.45, 2.75) is 12.5 Å². The molecule has 0 radical (unpaired) electrons. The van der Waals surface area contributed by atoms with Gasteiger partial charge in [0.25, 0.3) is 5.91 Å². The molecule has 0 N–H and O–H groups in total. The summed E-state index contributed by atoms with van der Waals surface area (Å²) in [7, 11) is 0. The molecular weight excluding hydrogens is 320 g/mol. The van der Waals surface area contributed by atoms with E-state index < -0.39 is 5.63 Å². The van der Waals surface area contributed by atoms with E-state index in [1.54, 1.807) is 4.90 Å². The number of aromatic nitrogens is 1. The number of nitrogens with zero attached hydrogens (tertiary/aromatic N) is 2. The van der Waals surface area contributed by atoms with E-state index in [0.717, 1.165) is 17.3 Å². The van der Waals surface area contributed by atoms with E-state index in [2.05, 4.69) is 4.98 Å². The van der Waals surface area contributed by atoms with Gasteiger partial charge in [-0.15, -0.1) is 0 Å². The summed E-state index contributed by atoms with van der Waals surface area (Å²) < 4.78 is 10.7. The number of ether oxygens (including phenoxy) is 1. The summed E-state index contributed by atoms with van der Waals surface area (Å²) in [6.07, 6.45) is 1.83. The Bertz CT molecular complexity index is 962. The standard InChI is InChI=1S/C19H16N2O4/c22-18-8-6-14(12-24-18)19(23)21-10-9-15(11-21)25-17-7-5-13-3-1-2-4-16(13)20-17/h1-8,12,15H,9-11H2. The van der Waals surface area contributed by atoms with E-state index in [1.807, 2.05) is 36.4 Å². The van der Waals surface area contributed by atoms with Crippen LogP contribution in [-0.4, -0.2) is 35.0 Å². The van der Waals surface area contributed by atoms with E-state index in [9.17, 15) is 9.59 Å². The fraction of sp³-hybridized carbons (Fsp3) is 0.211. The number of hydrogen-bond donors (Lipinski definition) is 0. The number of rotatable bonds is 3. The second-order valence-corrected chi connectivity index (χ2v) is 5.97. The molecular formula is C19H16N2O4. The largest absolute Gasteiger partial charge is 0.472 e. The van der Waals surface area contributed by atoms with Gasteiger partial charge in [0.2, 0.25) is 5.88 Å². The maximum atomic E-state index is 12.4. The van der Waals surface area contributed by atoms with Crippen LogP contribution in [-0.2, 0) is 0 Å². The van der Waals surface area contributed by atoms with Crippen LogP contribution in [0.15, 0.2) is 64.0 Å². The number of pyridine rings is 1. The molecule has 4 rings (SSSR count). The third-order valence-corrected chi connectivity index (χ3v) is 4.24. The van der Waals surface area contributed by atoms with E-state index in [4.69, 9.17) is 9.15 Å². The van der Waals surface area contributed by atoms with Crippen LogP contribution >= 0.6 is 0 Å². The van der Waals surface area contributed by atoms with Crippen LogP contribution in [0.5, 0.6) is 5.88 Å². The Kier molecular flexibility index (Phi) is 3.93. The van der Waals surface area contributed by atoms with Crippen LogP contribution in [0.4, 0.5) is 0 Å². The number of carbonyl (C=O) groups excluding carboxylic acids is 1. The van der Waals surface area contributed by atoms with Crippen LogP contribution in [0.25, 0.3) is 10.9 Å². The zero-order chi connectivity index (χ0) is 17.2. The molecule has 0 spiro atoms. The first kappa shape index (κ1) is 15.4. The lowest BCUT2D eigenvalue weighted by molar-refractivity contribution is 0.0768. The monoisotopic (exact) mass is 336 g/mol. The molecule has 1 fully saturated rings. The van der Waals surface area contributed by atoms with Crippen LogP contribution in [0.2, 0.25) is 0 Å². The average molecular weight is 336 g/mol. The Hall–Kier alpha value is -3.15. The lowest BCUT2D eigenvalue weighted by Gasteiger charge is -2.16. The van der Waals surface area contributed by atoms with Crippen molar-refractivity contribution >= 4 is 16.8 Å². The minimum absolute atomic E-state index is 0.103. The molecule has 6 heteroatoms. The number of likely N-dealkylation sites (tertiary alicyclic amines) is 1. The number of fused-ring (bicyclic) bond motifs is 1. The molecule has 0 aliphatic carbocycles. The summed E-state index contributed by atoms with van der Waals surface area (Å²) >= 11 is 0. The lowest BCUT2D eigenvalue weighted by atomic mass is 10.2. The van der Waals surface area contributed by atoms with Crippen molar-refractivity contribution in [3.8, 4) is 5.88 Å². The quantitative estimate of drug-likeness (QED) is 0.735. The first-order valence-electron chi connectivity index (χ1n) is 8.10. The first-order valence-corrected chi connectivity index (χ1v) is 8.10. The van der Waals surface area contributed by atoms with Crippen molar-refractivity contribution < 1.29 is 13.9 Å². The number of carbonyl (C=O) groups is 1. The Morgan fingerprint density at radius 1 is 1.16 bits per heavy atom. The molecule has 1 aliphatic heterocycles. The predicted molar refractivity (Wildman–Crippen MR) is 91.7 cm³/mol. The minimum Gasteiger partial charge on any atom is -0.472 e. The summed E-state index contributed by atoms with van der Waals surface area (Å²) in [4.78, 5) is 29.6. The van der Waals surface area contributed by atoms with Gasteiger partial charge < -0.3 is 14.1 Å². The van der Waals surface area contributed by atoms with E-state index in [-0.39, 0.29) is 12.0 Å². The number of amides is 1. The van der Waals surface area contributed by atoms with Gasteiger partial charge in [0, 0.05) is 30.5 Å². The SMILES string of the molecule is O=C(c1ccc(=O)oc1)N1CCC(Oc2ccc3ccccc3n2)C1. The molecule has 1 atom stereocenters. The molecule has 3 heterocycles. The summed E-state index contributed by atoms with van der Waals surface area (Å²) in [5.41, 5.74) is 0.774. The Balaban J connectivity index is 1.44. The predicted octanol–water partition coefficient (Wildman–Crippen LogP) is 2.48. The van der Waals surface area contributed by atoms with Gasteiger partial charge in [0.1, 0.15) is 12.4 Å². The highest BCUT2D eigenvalue weighted by molar-refractivity contribution is 5.93. The Morgan fingerprint density at radius 2 is 2.04 bits per heavy atom. The highest BCUT2D eigenvalue weighted by Gasteiger charge is 2.28. The van der Waals surface area contributed by atoms with E-state index >= 15 is 0 Å². The van der Waals surface area contributed by atoms with Crippen LogP contribution < -0.4 is 10.4 Å². The summed E-state index contributed by atoms with van der Waals surface area (Å²) in [5, 5.41) is 1.06. The molecule has 1 unspecified atom stereocenters. The summed E-state index contributed by atoms with van der Waals surface area (Å²) in [5.74, 6) is 0.394. The molecule has 25 heavy (non-hydrogen) atoms. The number of hydrogen-bond acceptors (Lipinski definition) is 5. The Morgan fingerprint density at radius 3 is 2.88 bits per heavy atom. The van der Waals surface area contributed by atoms with Gasteiger partial charge >= 0.3 is 5.63 Å². The maximum Gasteiger partial charge on any atom is 0.335 e. The van der Waals surface area contributed by atoms with Gasteiger partial charge in [-0.3, -0.25) is 4.79 Å². The van der Waals surface area contributed by atoms with E-state index in [0.29, 0.717) is 24.5 Å². The number of benzene rings is 1. The van der Waals surface area contributed by atoms with Gasteiger partial charge in [-0.1, -0.05) is 18.2 Å². The van der Waals surface area contributed by atoms with Crippen molar-refractivity contribution in [1.29, 1.82) is 0 Å². The third kappa shape index (κ3) is 3.24. The van der Waals surface area contributed by atoms with Gasteiger partial charge in [0.15, 0.2) is 0 Å². The van der Waals surface area contributed by atoms with Crippen molar-refractivity contribution in [2.24, 2.45) is 0 Å². The molecule has 126 valence electrons. The first-order chi connectivity index (χ1) is 12.2. The highest BCUT2D eigenvalue weighted by atomic mass is 16.5. The molecule has 0 bridgehead atoms. The molecule has 0 saturated carbocycles. The average Bonchev–Trinajstić information content (AvgIpc) is 3.10. The van der Waals surface area contributed by atoms with Crippen molar-refractivity contribution in [2.75, 3.05) is 13.1 Å². The van der Waals surface area contributed by atoms with Crippen molar-refractivity contribution in [3.63, 3.8) is 0 Å². The van der Waals surface area contributed by atoms with Gasteiger partial charge in [-0.2, -0.15) is 0 Å². The third-order valence-electron chi connectivity index (χ3n) is 4.24. The summed E-state index contributed by atoms with van der Waals surface area (Å²) in [6.45, 7) is 1.07. The molecule has 1 aromatic carbocycles. The molecule has 3 aromatic rings. The zero-order valence-corrected chi connectivity index (χ0v) is 13.4. The summed E-state index contributed by atoms with van der Waals surface area (Å²) in [6, 6.07) is 14.4. The fourth-order valence-electron chi connectivity index (χ4n) is 2.95. The Labute approximate surface area is 143 Å². The molecule has 1 aliphatic rings. The van der Waals surface area contributed by atoms with Crippen molar-refractivity contribution in [1.82, 2.24) is 9.88 Å². The van der Waals surface area contributed by atoms with Crippen LogP contribution in [0.1, 0.15) is 16.8 Å². The fourth-order valence-corrected chi connectivity index (χ4v) is 2.95. The second-order valence-electron chi connectivity index (χ2n) is 5.97. The lowest BCUT2D eigenvalue weighted by Crippen LogP contribution is -2.31. The van der Waals surface area contributed by atoms with Gasteiger partial charge in [-0.25, -0.2) is 9.78 Å². The minimum atomic E-state index is -0.471. The topological polar surface area (TPSA) is 72.6 Å². The molecule has 6 nitrogen and oxygen atoms in total. The molecule has 1 amide bonds.